The van der Waals surface area contributed by atoms with Gasteiger partial charge in [-0.15, -0.1) is 0 Å². The molecule has 0 saturated carbocycles. The molecule has 0 bridgehead atoms. The third-order valence-electron chi connectivity index (χ3n) is 4.37. The van der Waals surface area contributed by atoms with E-state index >= 15 is 0 Å². The number of hydrogen-bond donors (Lipinski definition) is 1. The Morgan fingerprint density at radius 1 is 1.33 bits per heavy atom. The lowest BCUT2D eigenvalue weighted by Crippen LogP contribution is -2.39. The highest BCUT2D eigenvalue weighted by Crippen LogP contribution is 2.23. The Labute approximate surface area is 144 Å². The van der Waals surface area contributed by atoms with E-state index < -0.39 is 10.8 Å². The molecular weight excluding hydrogens is 324 g/mol. The van der Waals surface area contributed by atoms with Crippen LogP contribution >= 0.6 is 0 Å². The van der Waals surface area contributed by atoms with Crippen LogP contribution in [0.4, 0.5) is 5.69 Å². The first kappa shape index (κ1) is 16.9. The minimum absolute atomic E-state index is 0.0483. The van der Waals surface area contributed by atoms with Gasteiger partial charge < -0.3 is 4.90 Å². The van der Waals surface area contributed by atoms with Gasteiger partial charge in [0, 0.05) is 47.8 Å². The van der Waals surface area contributed by atoms with E-state index in [2.05, 4.69) is 10.4 Å². The Kier molecular flexibility index (Phi) is 4.82. The van der Waals surface area contributed by atoms with Crippen molar-refractivity contribution >= 4 is 22.4 Å². The maximum atomic E-state index is 12.6. The summed E-state index contributed by atoms with van der Waals surface area (Å²) in [7, 11) is 0.869. The summed E-state index contributed by atoms with van der Waals surface area (Å²) in [4.78, 5) is 15.2. The molecule has 7 heteroatoms. The smallest absolute Gasteiger partial charge is 0.244 e. The number of carbonyl (C=O) groups excluding carboxylic acids is 1. The van der Waals surface area contributed by atoms with E-state index in [0.29, 0.717) is 6.54 Å². The molecule has 0 aliphatic carbocycles. The van der Waals surface area contributed by atoms with Crippen LogP contribution in [-0.4, -0.2) is 38.7 Å². The van der Waals surface area contributed by atoms with Crippen LogP contribution in [-0.2, 0) is 22.6 Å². The average molecular weight is 346 g/mol. The second-order valence-electron chi connectivity index (χ2n) is 6.11. The zero-order valence-electron chi connectivity index (χ0n) is 14.1. The number of carbonyl (C=O) groups is 1. The number of anilines is 1. The normalized spacial score (nSPS) is 20.4. The van der Waals surface area contributed by atoms with Crippen LogP contribution in [0, 0.1) is 0 Å². The van der Waals surface area contributed by atoms with Gasteiger partial charge in [0.25, 0.3) is 0 Å². The second-order valence-corrected chi connectivity index (χ2v) is 7.49. The van der Waals surface area contributed by atoms with Crippen molar-refractivity contribution in [2.24, 2.45) is 7.05 Å². The molecule has 0 spiro atoms. The Balaban J connectivity index is 1.65. The highest BCUT2D eigenvalue weighted by molar-refractivity contribution is 7.84. The molecule has 1 aromatic carbocycles. The van der Waals surface area contributed by atoms with E-state index in [1.807, 2.05) is 44.4 Å². The number of hydrogen-bond acceptors (Lipinski definition) is 4. The van der Waals surface area contributed by atoms with E-state index in [-0.39, 0.29) is 18.0 Å². The molecule has 3 atom stereocenters. The summed E-state index contributed by atoms with van der Waals surface area (Å²) in [5.74, 6) is 0.0844. The largest absolute Gasteiger partial charge is 0.308 e. The number of benzene rings is 1. The van der Waals surface area contributed by atoms with Gasteiger partial charge >= 0.3 is 0 Å². The number of aryl methyl sites for hydroxylation is 1. The number of aromatic nitrogens is 2. The molecule has 1 aliphatic heterocycles. The van der Waals surface area contributed by atoms with Crippen LogP contribution in [0.1, 0.15) is 24.9 Å². The maximum Gasteiger partial charge on any atom is 0.244 e. The SMILES string of the molecule is C[C@H](N[C@H]1CCN(c2cnn(C)c2)C1=O)c1ccc([S@](C)=O)cc1. The molecule has 2 heterocycles. The van der Waals surface area contributed by atoms with E-state index in [1.165, 1.54) is 0 Å². The first-order valence-electron chi connectivity index (χ1n) is 7.95. The summed E-state index contributed by atoms with van der Waals surface area (Å²) in [5, 5.41) is 7.53. The number of amides is 1. The van der Waals surface area contributed by atoms with Gasteiger partial charge in [-0.25, -0.2) is 0 Å². The molecular formula is C17H22N4O2S. The highest BCUT2D eigenvalue weighted by Gasteiger charge is 2.33. The fourth-order valence-corrected chi connectivity index (χ4v) is 3.50. The first-order chi connectivity index (χ1) is 11.5. The number of nitrogens with one attached hydrogen (secondary N) is 1. The van der Waals surface area contributed by atoms with Crippen LogP contribution in [0.25, 0.3) is 0 Å². The van der Waals surface area contributed by atoms with E-state index in [1.54, 1.807) is 22.0 Å². The lowest BCUT2D eigenvalue weighted by Gasteiger charge is -2.20. The molecule has 1 aliphatic rings. The summed E-state index contributed by atoms with van der Waals surface area (Å²) in [5.41, 5.74) is 1.92. The average Bonchev–Trinajstić information content (AvgIpc) is 3.14. The van der Waals surface area contributed by atoms with Crippen molar-refractivity contribution in [1.82, 2.24) is 15.1 Å². The molecule has 6 nitrogen and oxygen atoms in total. The van der Waals surface area contributed by atoms with E-state index in [9.17, 15) is 9.00 Å². The van der Waals surface area contributed by atoms with Gasteiger partial charge in [-0.3, -0.25) is 19.0 Å². The topological polar surface area (TPSA) is 67.2 Å². The van der Waals surface area contributed by atoms with Gasteiger partial charge in [-0.1, -0.05) is 12.1 Å². The van der Waals surface area contributed by atoms with Crippen molar-refractivity contribution in [3.8, 4) is 0 Å². The van der Waals surface area contributed by atoms with Crippen molar-refractivity contribution in [2.75, 3.05) is 17.7 Å². The molecule has 1 saturated heterocycles. The van der Waals surface area contributed by atoms with Gasteiger partial charge in [-0.2, -0.15) is 5.10 Å². The lowest BCUT2D eigenvalue weighted by atomic mass is 10.1. The summed E-state index contributed by atoms with van der Waals surface area (Å²) in [6.45, 7) is 2.74. The van der Waals surface area contributed by atoms with Crippen LogP contribution in [0.3, 0.4) is 0 Å². The fourth-order valence-electron chi connectivity index (χ4n) is 2.98. The predicted octanol–water partition coefficient (Wildman–Crippen LogP) is 1.61. The first-order valence-corrected chi connectivity index (χ1v) is 9.51. The summed E-state index contributed by atoms with van der Waals surface area (Å²) < 4.78 is 13.2. The molecule has 3 rings (SSSR count). The summed E-state index contributed by atoms with van der Waals surface area (Å²) in [6.07, 6.45) is 6.01. The van der Waals surface area contributed by atoms with E-state index in [0.717, 1.165) is 22.6 Å². The predicted molar refractivity (Wildman–Crippen MR) is 94.3 cm³/mol. The molecule has 1 amide bonds. The number of nitrogens with zero attached hydrogens (tertiary/aromatic N) is 3. The van der Waals surface area contributed by atoms with Crippen molar-refractivity contribution in [2.45, 2.75) is 30.3 Å². The van der Waals surface area contributed by atoms with E-state index in [4.69, 9.17) is 0 Å². The molecule has 2 aromatic rings. The van der Waals surface area contributed by atoms with Crippen LogP contribution in [0.15, 0.2) is 41.6 Å². The Morgan fingerprint density at radius 2 is 2.04 bits per heavy atom. The van der Waals surface area contributed by atoms with Gasteiger partial charge in [-0.05, 0) is 31.0 Å². The summed E-state index contributed by atoms with van der Waals surface area (Å²) in [6, 6.07) is 7.54. The van der Waals surface area contributed by atoms with Crippen molar-refractivity contribution in [1.29, 1.82) is 0 Å². The molecule has 128 valence electrons. The van der Waals surface area contributed by atoms with Gasteiger partial charge in [0.2, 0.25) is 5.91 Å². The van der Waals surface area contributed by atoms with Crippen LogP contribution < -0.4 is 10.2 Å². The lowest BCUT2D eigenvalue weighted by molar-refractivity contribution is -0.119. The third-order valence-corrected chi connectivity index (χ3v) is 5.31. The Hall–Kier alpha value is -1.99. The molecule has 1 aromatic heterocycles. The second kappa shape index (κ2) is 6.86. The maximum absolute atomic E-state index is 12.6. The van der Waals surface area contributed by atoms with Crippen LogP contribution in [0.5, 0.6) is 0 Å². The van der Waals surface area contributed by atoms with Crippen molar-refractivity contribution in [3.63, 3.8) is 0 Å². The zero-order valence-corrected chi connectivity index (χ0v) is 14.9. The van der Waals surface area contributed by atoms with Crippen molar-refractivity contribution in [3.05, 3.63) is 42.2 Å². The number of rotatable bonds is 5. The quantitative estimate of drug-likeness (QED) is 0.893. The summed E-state index contributed by atoms with van der Waals surface area (Å²) >= 11 is 0. The van der Waals surface area contributed by atoms with Gasteiger partial charge in [0.1, 0.15) is 0 Å². The monoisotopic (exact) mass is 346 g/mol. The molecule has 1 fully saturated rings. The molecule has 0 unspecified atom stereocenters. The molecule has 1 N–H and O–H groups in total. The minimum atomic E-state index is -0.973. The standard InChI is InChI=1S/C17H22N4O2S/c1-12(13-4-6-15(7-5-13)24(3)23)19-16-8-9-21(17(16)22)14-10-18-20(2)11-14/h4-7,10-12,16,19H,8-9H2,1-3H3/t12-,16-,24-/m0/s1. The van der Waals surface area contributed by atoms with Gasteiger partial charge in [0.15, 0.2) is 0 Å². The molecule has 24 heavy (non-hydrogen) atoms. The minimum Gasteiger partial charge on any atom is -0.308 e. The fraction of sp³-hybridized carbons (Fsp3) is 0.412. The van der Waals surface area contributed by atoms with Crippen LogP contribution in [0.2, 0.25) is 0 Å². The Bertz CT molecular complexity index is 756. The highest BCUT2D eigenvalue weighted by atomic mass is 32.2. The third kappa shape index (κ3) is 3.42. The van der Waals surface area contributed by atoms with Gasteiger partial charge in [0.05, 0.1) is 17.9 Å². The van der Waals surface area contributed by atoms with Crippen molar-refractivity contribution < 1.29 is 9.00 Å². The Morgan fingerprint density at radius 3 is 2.62 bits per heavy atom. The zero-order chi connectivity index (χ0) is 17.3. The molecule has 0 radical (unpaired) electrons.